The molecule has 5 fully saturated rings. The quantitative estimate of drug-likeness (QED) is 0.168. The van der Waals surface area contributed by atoms with Crippen LogP contribution in [-0.2, 0) is 0 Å². The van der Waals surface area contributed by atoms with Gasteiger partial charge in [-0.25, -0.2) is 0 Å². The highest BCUT2D eigenvalue weighted by atomic mass is 16.3. The molecule has 58 heavy (non-hydrogen) atoms. The summed E-state index contributed by atoms with van der Waals surface area (Å²) in [5, 5.41) is 10.3. The van der Waals surface area contributed by atoms with Gasteiger partial charge in [0.05, 0.1) is 34.5 Å². The third kappa shape index (κ3) is 3.22. The Morgan fingerprint density at radius 3 is 1.78 bits per heavy atom. The van der Waals surface area contributed by atoms with Gasteiger partial charge in [0, 0.05) is 66.3 Å². The molecule has 10 aromatic rings. The molecule has 4 aromatic carbocycles. The molecule has 5 heteroatoms. The highest BCUT2D eigenvalue weighted by molar-refractivity contribution is 6.28. The highest BCUT2D eigenvalue weighted by Gasteiger charge is 2.66. The van der Waals surface area contributed by atoms with Crippen LogP contribution in [0.3, 0.4) is 0 Å². The van der Waals surface area contributed by atoms with Crippen molar-refractivity contribution in [3.8, 4) is 11.1 Å². The molecule has 5 nitrogen and oxygen atoms in total. The van der Waals surface area contributed by atoms with Crippen molar-refractivity contribution < 1.29 is 8.83 Å². The first kappa shape index (κ1) is 29.7. The Labute approximate surface area is 333 Å². The Balaban J connectivity index is 1.07. The lowest BCUT2D eigenvalue weighted by atomic mass is 9.56. The molecule has 0 radical (unpaired) electrons. The average molecular weight is 752 g/mol. The first-order chi connectivity index (χ1) is 28.6. The summed E-state index contributed by atoms with van der Waals surface area (Å²) in [6, 6.07) is 24.5. The predicted octanol–water partition coefficient (Wildman–Crippen LogP) is 13.9. The van der Waals surface area contributed by atoms with Crippen LogP contribution in [0.15, 0.2) is 88.0 Å². The Bertz CT molecular complexity index is 3460. The van der Waals surface area contributed by atoms with Gasteiger partial charge in [-0.1, -0.05) is 36.4 Å². The molecule has 1 spiro atoms. The van der Waals surface area contributed by atoms with Crippen LogP contribution >= 0.6 is 0 Å². The Morgan fingerprint density at radius 1 is 0.534 bits per heavy atom. The third-order valence-corrected chi connectivity index (χ3v) is 18.2. The smallest absolute Gasteiger partial charge is 0.147 e. The minimum atomic E-state index is 0.574. The van der Waals surface area contributed by atoms with Gasteiger partial charge in [-0.2, -0.15) is 0 Å². The summed E-state index contributed by atoms with van der Waals surface area (Å²) in [7, 11) is 0. The van der Waals surface area contributed by atoms with E-state index in [4.69, 9.17) is 18.8 Å². The van der Waals surface area contributed by atoms with E-state index in [1.54, 1.807) is 11.1 Å². The van der Waals surface area contributed by atoms with E-state index < -0.39 is 0 Å². The fraction of sp³-hybridized carbons (Fsp3) is 0.358. The molecule has 6 aromatic heterocycles. The number of pyridine rings is 2. The zero-order valence-corrected chi connectivity index (χ0v) is 32.4. The topological polar surface area (TPSA) is 56.5 Å². The molecule has 7 bridgehead atoms. The van der Waals surface area contributed by atoms with Crippen LogP contribution in [0.5, 0.6) is 0 Å². The molecular formula is C53H41N3O2. The highest BCUT2D eigenvalue weighted by Crippen LogP contribution is 2.76. The summed E-state index contributed by atoms with van der Waals surface area (Å²) in [6.07, 6.45) is 18.1. The summed E-state index contributed by atoms with van der Waals surface area (Å²) in [4.78, 5) is 11.1. The van der Waals surface area contributed by atoms with Crippen molar-refractivity contribution in [2.75, 3.05) is 0 Å². The molecular weight excluding hydrogens is 711 g/mol. The van der Waals surface area contributed by atoms with E-state index in [-0.39, 0.29) is 0 Å². The van der Waals surface area contributed by atoms with Crippen molar-refractivity contribution in [1.82, 2.24) is 14.4 Å². The number of para-hydroxylation sites is 2. The van der Waals surface area contributed by atoms with E-state index in [1.165, 1.54) is 119 Å². The second-order valence-electron chi connectivity index (χ2n) is 20.5. The normalized spacial score (nSPS) is 31.5. The molecule has 0 N–H and O–H groups in total. The standard InChI is InChI=1S/C53H41N3O2/c1-3-7-41-33(5-1)35-19-36-34-6-2-4-8-42(34)58-52(36)45(51(35)57-41)27-16-37-46-39(22-54-48-28-12-24-9-25(13-28)11-26(10-24)43(46)48)56-40-23-55-49-30-15-32-18-31-14-29(20-53(31,32)21-30)44(49)47(40)38(17-27)50(37)56/h1-8,16-17,19,22-26,28-32H,9-15,18,20-21H2. The SMILES string of the molecule is c1ccc2c(c1)oc1c(-c3cc4c5c6c(ncc5n5c7cnc8c(c7c(c3)c45)C3CC4CC5CC8CC54C3)C3CC4CC(C3)CC6C4)c3oc4ccccc4c3cc12. The Kier molecular flexibility index (Phi) is 4.89. The van der Waals surface area contributed by atoms with Gasteiger partial charge in [0.2, 0.25) is 0 Å². The minimum absolute atomic E-state index is 0.574. The number of rotatable bonds is 1. The molecule has 18 rings (SSSR count). The molecule has 0 aliphatic heterocycles. The zero-order chi connectivity index (χ0) is 36.9. The van der Waals surface area contributed by atoms with Gasteiger partial charge < -0.3 is 13.2 Å². The van der Waals surface area contributed by atoms with Gasteiger partial charge in [0.15, 0.2) is 0 Å². The number of fused-ring (bicyclic) bond motifs is 18. The van der Waals surface area contributed by atoms with Gasteiger partial charge in [-0.15, -0.1) is 0 Å². The van der Waals surface area contributed by atoms with Crippen LogP contribution in [0.1, 0.15) is 110 Å². The summed E-state index contributed by atoms with van der Waals surface area (Å²) in [5.74, 6) is 5.85. The van der Waals surface area contributed by atoms with E-state index in [1.807, 2.05) is 0 Å². The molecule has 0 amide bonds. The molecule has 0 saturated heterocycles. The largest absolute Gasteiger partial charge is 0.455 e. The van der Waals surface area contributed by atoms with Crippen molar-refractivity contribution in [3.63, 3.8) is 0 Å². The molecule has 6 heterocycles. The third-order valence-electron chi connectivity index (χ3n) is 18.2. The zero-order valence-electron chi connectivity index (χ0n) is 32.4. The van der Waals surface area contributed by atoms with Crippen LogP contribution in [-0.4, -0.2) is 14.4 Å². The number of furan rings is 2. The Hall–Kier alpha value is -5.42. The fourth-order valence-electron chi connectivity index (χ4n) is 16.4. The van der Waals surface area contributed by atoms with Gasteiger partial charge in [0.25, 0.3) is 0 Å². The van der Waals surface area contributed by atoms with Crippen molar-refractivity contribution in [2.24, 2.45) is 29.1 Å². The maximum Gasteiger partial charge on any atom is 0.147 e. The van der Waals surface area contributed by atoms with Crippen LogP contribution in [0.4, 0.5) is 0 Å². The lowest BCUT2D eigenvalue weighted by Gasteiger charge is -2.48. The summed E-state index contributed by atoms with van der Waals surface area (Å²) < 4.78 is 16.6. The van der Waals surface area contributed by atoms with Crippen LogP contribution in [0.25, 0.3) is 93.1 Å². The number of hydrogen-bond donors (Lipinski definition) is 0. The van der Waals surface area contributed by atoms with E-state index >= 15 is 0 Å². The van der Waals surface area contributed by atoms with Gasteiger partial charge in [0.1, 0.15) is 22.3 Å². The molecule has 8 aliphatic carbocycles. The van der Waals surface area contributed by atoms with Crippen LogP contribution in [0, 0.1) is 29.1 Å². The van der Waals surface area contributed by atoms with Crippen molar-refractivity contribution in [1.29, 1.82) is 0 Å². The summed E-state index contributed by atoms with van der Waals surface area (Å²) in [5.41, 5.74) is 16.5. The van der Waals surface area contributed by atoms with E-state index in [0.717, 1.165) is 73.1 Å². The number of hydrogen-bond acceptors (Lipinski definition) is 4. The minimum Gasteiger partial charge on any atom is -0.455 e. The molecule has 7 atom stereocenters. The van der Waals surface area contributed by atoms with Crippen molar-refractivity contribution in [2.45, 2.75) is 87.9 Å². The first-order valence-corrected chi connectivity index (χ1v) is 22.5. The molecule has 280 valence electrons. The second-order valence-corrected chi connectivity index (χ2v) is 20.5. The summed E-state index contributed by atoms with van der Waals surface area (Å²) in [6.45, 7) is 0. The first-order valence-electron chi connectivity index (χ1n) is 22.5. The molecule has 7 unspecified atom stereocenters. The predicted molar refractivity (Wildman–Crippen MR) is 230 cm³/mol. The second kappa shape index (κ2) is 9.54. The van der Waals surface area contributed by atoms with Crippen LogP contribution in [0.2, 0.25) is 0 Å². The number of nitrogens with zero attached hydrogens (tertiary/aromatic N) is 3. The van der Waals surface area contributed by atoms with E-state index in [2.05, 4.69) is 83.5 Å². The van der Waals surface area contributed by atoms with Crippen LogP contribution < -0.4 is 0 Å². The maximum absolute atomic E-state index is 6.97. The summed E-state index contributed by atoms with van der Waals surface area (Å²) >= 11 is 0. The lowest BCUT2D eigenvalue weighted by Crippen LogP contribution is -2.41. The average Bonchev–Trinajstić information content (AvgIpc) is 4.05. The monoisotopic (exact) mass is 751 g/mol. The van der Waals surface area contributed by atoms with Gasteiger partial charge in [-0.3, -0.25) is 9.97 Å². The van der Waals surface area contributed by atoms with E-state index in [0.29, 0.717) is 29.1 Å². The van der Waals surface area contributed by atoms with E-state index in [9.17, 15) is 0 Å². The Morgan fingerprint density at radius 2 is 1.10 bits per heavy atom. The van der Waals surface area contributed by atoms with Gasteiger partial charge in [-0.05, 0) is 152 Å². The number of aromatic nitrogens is 3. The lowest BCUT2D eigenvalue weighted by molar-refractivity contribution is 0.00321. The fourth-order valence-corrected chi connectivity index (χ4v) is 16.4. The maximum atomic E-state index is 6.97. The van der Waals surface area contributed by atoms with Crippen molar-refractivity contribution >= 4 is 82.0 Å². The molecule has 8 aliphatic rings. The van der Waals surface area contributed by atoms with Gasteiger partial charge >= 0.3 is 0 Å². The number of benzene rings is 4. The molecule has 5 saturated carbocycles. The van der Waals surface area contributed by atoms with Crippen molar-refractivity contribution in [3.05, 3.63) is 102 Å².